The Kier molecular flexibility index (Phi) is 7.11. The Bertz CT molecular complexity index is 477. The van der Waals surface area contributed by atoms with E-state index in [2.05, 4.69) is 23.9 Å². The number of carbonyl (C=O) groups is 1. The normalized spacial score (nSPS) is 11.3. The molecule has 0 aliphatic rings. The van der Waals surface area contributed by atoms with Crippen LogP contribution in [0.25, 0.3) is 6.20 Å². The average Bonchev–Trinajstić information content (AvgIpc) is 2.88. The Balaban J connectivity index is 2.37. The maximum absolute atomic E-state index is 12.1. The Morgan fingerprint density at radius 3 is 2.77 bits per heavy atom. The summed E-state index contributed by atoms with van der Waals surface area (Å²) >= 11 is 0. The van der Waals surface area contributed by atoms with Crippen molar-refractivity contribution in [3.63, 3.8) is 0 Å². The first-order valence-electron chi connectivity index (χ1n) is 7.70. The summed E-state index contributed by atoms with van der Waals surface area (Å²) in [5.74, 6) is 0. The van der Waals surface area contributed by atoms with Crippen LogP contribution in [-0.4, -0.2) is 46.0 Å². The molecule has 1 amide bonds. The summed E-state index contributed by atoms with van der Waals surface area (Å²) in [5.41, 5.74) is 0.620. The molecule has 0 aromatic carbocycles. The number of rotatable bonds is 8. The van der Waals surface area contributed by atoms with Crippen LogP contribution in [-0.2, 0) is 11.3 Å². The lowest BCUT2D eigenvalue weighted by atomic mass is 10.2. The van der Waals surface area contributed by atoms with Gasteiger partial charge in [-0.15, -0.1) is 0 Å². The molecule has 124 valence electrons. The van der Waals surface area contributed by atoms with Gasteiger partial charge in [0.25, 0.3) is 0 Å². The molecule has 0 aliphatic carbocycles. The van der Waals surface area contributed by atoms with Gasteiger partial charge in [-0.1, -0.05) is 13.5 Å². The first-order valence-corrected chi connectivity index (χ1v) is 7.70. The van der Waals surface area contributed by atoms with Gasteiger partial charge in [0.15, 0.2) is 0 Å². The van der Waals surface area contributed by atoms with Crippen LogP contribution < -0.4 is 5.32 Å². The lowest BCUT2D eigenvalue weighted by Crippen LogP contribution is -2.40. The van der Waals surface area contributed by atoms with Crippen molar-refractivity contribution >= 4 is 12.3 Å². The molecule has 1 aromatic rings. The van der Waals surface area contributed by atoms with Crippen LogP contribution in [0.5, 0.6) is 0 Å². The Morgan fingerprint density at radius 2 is 2.23 bits per heavy atom. The highest BCUT2D eigenvalue weighted by Gasteiger charge is 2.21. The number of nitrogens with zero attached hydrogens (tertiary/aromatic N) is 3. The van der Waals surface area contributed by atoms with Gasteiger partial charge < -0.3 is 15.0 Å². The molecule has 0 spiro atoms. The first kappa shape index (κ1) is 18.2. The van der Waals surface area contributed by atoms with Gasteiger partial charge in [0.2, 0.25) is 0 Å². The van der Waals surface area contributed by atoms with E-state index in [1.165, 1.54) is 0 Å². The summed E-state index contributed by atoms with van der Waals surface area (Å²) < 4.78 is 7.09. The molecule has 0 atom stereocenters. The summed E-state index contributed by atoms with van der Waals surface area (Å²) in [4.78, 5) is 13.8. The SMILES string of the molecule is C=Cn1cc(CNCCN(CCC)C(=O)OC(C)(C)C)cn1. The van der Waals surface area contributed by atoms with Gasteiger partial charge in [0, 0.05) is 44.1 Å². The average molecular weight is 308 g/mol. The van der Waals surface area contributed by atoms with E-state index < -0.39 is 5.60 Å². The van der Waals surface area contributed by atoms with Gasteiger partial charge in [-0.25, -0.2) is 9.48 Å². The highest BCUT2D eigenvalue weighted by atomic mass is 16.6. The van der Waals surface area contributed by atoms with Crippen molar-refractivity contribution in [3.8, 4) is 0 Å². The fourth-order valence-corrected chi connectivity index (χ4v) is 1.91. The van der Waals surface area contributed by atoms with E-state index in [0.717, 1.165) is 12.0 Å². The second kappa shape index (κ2) is 8.58. The Labute approximate surface area is 133 Å². The molecule has 1 heterocycles. The molecular formula is C16H28N4O2. The van der Waals surface area contributed by atoms with Gasteiger partial charge in [0.1, 0.15) is 5.60 Å². The standard InChI is InChI=1S/C16H28N4O2/c1-6-9-19(15(21)22-16(3,4)5)10-8-17-11-14-12-18-20(7-2)13-14/h7,12-13,17H,2,6,8-11H2,1,3-5H3. The number of hydrogen-bond acceptors (Lipinski definition) is 4. The molecule has 0 saturated heterocycles. The molecule has 1 rings (SSSR count). The maximum Gasteiger partial charge on any atom is 0.410 e. The lowest BCUT2D eigenvalue weighted by Gasteiger charge is -2.27. The maximum atomic E-state index is 12.1. The summed E-state index contributed by atoms with van der Waals surface area (Å²) in [6.45, 7) is 14.1. The zero-order chi connectivity index (χ0) is 16.6. The molecule has 22 heavy (non-hydrogen) atoms. The smallest absolute Gasteiger partial charge is 0.410 e. The number of amides is 1. The third kappa shape index (κ3) is 6.76. The van der Waals surface area contributed by atoms with Gasteiger partial charge in [0.05, 0.1) is 6.20 Å². The lowest BCUT2D eigenvalue weighted by molar-refractivity contribution is 0.0252. The molecule has 0 unspecified atom stereocenters. The number of ether oxygens (including phenoxy) is 1. The van der Waals surface area contributed by atoms with E-state index in [0.29, 0.717) is 26.2 Å². The van der Waals surface area contributed by atoms with Crippen LogP contribution >= 0.6 is 0 Å². The molecule has 6 nitrogen and oxygen atoms in total. The zero-order valence-electron chi connectivity index (χ0n) is 14.1. The third-order valence-corrected chi connectivity index (χ3v) is 2.87. The van der Waals surface area contributed by atoms with Crippen molar-refractivity contribution in [3.05, 3.63) is 24.5 Å². The second-order valence-corrected chi connectivity index (χ2v) is 6.16. The molecule has 0 radical (unpaired) electrons. The Morgan fingerprint density at radius 1 is 1.50 bits per heavy atom. The molecule has 0 fully saturated rings. The van der Waals surface area contributed by atoms with E-state index in [9.17, 15) is 4.79 Å². The minimum atomic E-state index is -0.463. The molecular weight excluding hydrogens is 280 g/mol. The van der Waals surface area contributed by atoms with E-state index >= 15 is 0 Å². The first-order chi connectivity index (χ1) is 10.4. The predicted molar refractivity (Wildman–Crippen MR) is 88.4 cm³/mol. The fraction of sp³-hybridized carbons (Fsp3) is 0.625. The van der Waals surface area contributed by atoms with Crippen LogP contribution in [0.1, 0.15) is 39.7 Å². The van der Waals surface area contributed by atoms with Crippen molar-refractivity contribution < 1.29 is 9.53 Å². The van der Waals surface area contributed by atoms with Gasteiger partial charge in [-0.2, -0.15) is 5.10 Å². The van der Waals surface area contributed by atoms with E-state index in [1.54, 1.807) is 22.0 Å². The molecule has 1 N–H and O–H groups in total. The van der Waals surface area contributed by atoms with Crippen LogP contribution in [0, 0.1) is 0 Å². The van der Waals surface area contributed by atoms with Gasteiger partial charge in [-0.3, -0.25) is 0 Å². The monoisotopic (exact) mass is 308 g/mol. The molecule has 0 saturated carbocycles. The van der Waals surface area contributed by atoms with Crippen molar-refractivity contribution in [1.82, 2.24) is 20.0 Å². The third-order valence-electron chi connectivity index (χ3n) is 2.87. The highest BCUT2D eigenvalue weighted by molar-refractivity contribution is 5.68. The molecule has 0 bridgehead atoms. The van der Waals surface area contributed by atoms with Crippen LogP contribution in [0.3, 0.4) is 0 Å². The highest BCUT2D eigenvalue weighted by Crippen LogP contribution is 2.10. The molecule has 6 heteroatoms. The Hall–Kier alpha value is -1.82. The summed E-state index contributed by atoms with van der Waals surface area (Å²) in [7, 11) is 0. The number of carbonyl (C=O) groups excluding carboxylic acids is 1. The minimum absolute atomic E-state index is 0.254. The molecule has 1 aromatic heterocycles. The zero-order valence-corrected chi connectivity index (χ0v) is 14.1. The van der Waals surface area contributed by atoms with Crippen molar-refractivity contribution in [2.75, 3.05) is 19.6 Å². The van der Waals surface area contributed by atoms with Crippen molar-refractivity contribution in [2.45, 2.75) is 46.3 Å². The predicted octanol–water partition coefficient (Wildman–Crippen LogP) is 2.72. The van der Waals surface area contributed by atoms with E-state index in [-0.39, 0.29) is 6.09 Å². The quantitative estimate of drug-likeness (QED) is 0.750. The molecule has 0 aliphatic heterocycles. The topological polar surface area (TPSA) is 59.4 Å². The van der Waals surface area contributed by atoms with Crippen molar-refractivity contribution in [2.24, 2.45) is 0 Å². The summed E-state index contributed by atoms with van der Waals surface area (Å²) in [6, 6.07) is 0. The van der Waals surface area contributed by atoms with Gasteiger partial charge >= 0.3 is 6.09 Å². The number of aromatic nitrogens is 2. The fourth-order valence-electron chi connectivity index (χ4n) is 1.91. The number of hydrogen-bond donors (Lipinski definition) is 1. The van der Waals surface area contributed by atoms with E-state index in [1.807, 2.05) is 27.0 Å². The van der Waals surface area contributed by atoms with Crippen LogP contribution in [0.4, 0.5) is 4.79 Å². The van der Waals surface area contributed by atoms with E-state index in [4.69, 9.17) is 4.74 Å². The number of nitrogens with one attached hydrogen (secondary N) is 1. The van der Waals surface area contributed by atoms with Crippen molar-refractivity contribution in [1.29, 1.82) is 0 Å². The summed E-state index contributed by atoms with van der Waals surface area (Å²) in [5, 5.41) is 7.43. The van der Waals surface area contributed by atoms with Crippen LogP contribution in [0.2, 0.25) is 0 Å². The second-order valence-electron chi connectivity index (χ2n) is 6.16. The van der Waals surface area contributed by atoms with Gasteiger partial charge in [-0.05, 0) is 27.2 Å². The van der Waals surface area contributed by atoms with Crippen LogP contribution in [0.15, 0.2) is 19.0 Å². The largest absolute Gasteiger partial charge is 0.444 e. The minimum Gasteiger partial charge on any atom is -0.444 e. The summed E-state index contributed by atoms with van der Waals surface area (Å²) in [6.07, 6.45) is 6.01.